The highest BCUT2D eigenvalue weighted by molar-refractivity contribution is 7.09. The molecule has 0 spiro atoms. The molecule has 2 N–H and O–H groups in total. The zero-order valence-electron chi connectivity index (χ0n) is 9.64. The van der Waals surface area contributed by atoms with Crippen LogP contribution in [0.2, 0.25) is 0 Å². The van der Waals surface area contributed by atoms with Gasteiger partial charge in [-0.15, -0.1) is 11.3 Å². The normalized spacial score (nSPS) is 17.2. The molecule has 6 heteroatoms. The van der Waals surface area contributed by atoms with Crippen molar-refractivity contribution in [3.63, 3.8) is 0 Å². The lowest BCUT2D eigenvalue weighted by atomic mass is 9.97. The minimum absolute atomic E-state index is 0.116. The van der Waals surface area contributed by atoms with Gasteiger partial charge in [-0.1, -0.05) is 20.8 Å². The van der Waals surface area contributed by atoms with E-state index >= 15 is 0 Å². The molecule has 1 aromatic heterocycles. The molecule has 0 saturated heterocycles. The van der Waals surface area contributed by atoms with Crippen LogP contribution in [0.5, 0.6) is 0 Å². The summed E-state index contributed by atoms with van der Waals surface area (Å²) >= 11 is 1.21. The van der Waals surface area contributed by atoms with Crippen molar-refractivity contribution in [1.29, 1.82) is 0 Å². The quantitative estimate of drug-likeness (QED) is 0.833. The number of rotatable bonds is 1. The highest BCUT2D eigenvalue weighted by atomic mass is 32.1. The second kappa shape index (κ2) is 3.70. The number of hydrogen-bond acceptors (Lipinski definition) is 3. The van der Waals surface area contributed by atoms with Crippen molar-refractivity contribution in [3.8, 4) is 0 Å². The fourth-order valence-electron chi connectivity index (χ4n) is 1.00. The van der Waals surface area contributed by atoms with Crippen LogP contribution in [0.1, 0.15) is 38.4 Å². The fourth-order valence-corrected chi connectivity index (χ4v) is 2.03. The summed E-state index contributed by atoms with van der Waals surface area (Å²) < 4.78 is 38.0. The SMILES string of the molecule is CC(C)(C)c1nc(C(C)(N)C(F)(F)F)cs1. The van der Waals surface area contributed by atoms with Crippen molar-refractivity contribution in [2.45, 2.75) is 44.8 Å². The number of hydrogen-bond donors (Lipinski definition) is 1. The van der Waals surface area contributed by atoms with E-state index in [1.54, 1.807) is 0 Å². The molecule has 16 heavy (non-hydrogen) atoms. The first-order valence-electron chi connectivity index (χ1n) is 4.78. The molecule has 0 aromatic carbocycles. The molecule has 2 nitrogen and oxygen atoms in total. The topological polar surface area (TPSA) is 38.9 Å². The molecule has 0 aliphatic heterocycles. The Hall–Kier alpha value is -0.620. The van der Waals surface area contributed by atoms with E-state index in [1.807, 2.05) is 20.8 Å². The first-order valence-corrected chi connectivity index (χ1v) is 5.66. The highest BCUT2D eigenvalue weighted by Gasteiger charge is 2.51. The Balaban J connectivity index is 3.13. The predicted molar refractivity (Wildman–Crippen MR) is 58.4 cm³/mol. The van der Waals surface area contributed by atoms with E-state index in [2.05, 4.69) is 4.98 Å². The Morgan fingerprint density at radius 1 is 1.19 bits per heavy atom. The number of nitrogens with zero attached hydrogens (tertiary/aromatic N) is 1. The molecular formula is C10H15F3N2S. The molecule has 1 rings (SSSR count). The van der Waals surface area contributed by atoms with Gasteiger partial charge in [-0.05, 0) is 6.92 Å². The van der Waals surface area contributed by atoms with Crippen LogP contribution in [0.3, 0.4) is 0 Å². The van der Waals surface area contributed by atoms with Crippen molar-refractivity contribution in [2.24, 2.45) is 5.73 Å². The minimum Gasteiger partial charge on any atom is -0.313 e. The Labute approximate surface area is 96.7 Å². The van der Waals surface area contributed by atoms with Gasteiger partial charge in [0, 0.05) is 10.8 Å². The fraction of sp³-hybridized carbons (Fsp3) is 0.700. The molecule has 0 fully saturated rings. The summed E-state index contributed by atoms with van der Waals surface area (Å²) in [7, 11) is 0. The lowest BCUT2D eigenvalue weighted by Gasteiger charge is -2.25. The van der Waals surface area contributed by atoms with E-state index in [-0.39, 0.29) is 11.1 Å². The van der Waals surface area contributed by atoms with E-state index < -0.39 is 11.7 Å². The summed E-state index contributed by atoms with van der Waals surface area (Å²) in [6.07, 6.45) is -4.49. The van der Waals surface area contributed by atoms with Crippen molar-refractivity contribution < 1.29 is 13.2 Å². The molecule has 0 aliphatic rings. The van der Waals surface area contributed by atoms with E-state index in [4.69, 9.17) is 5.73 Å². The van der Waals surface area contributed by atoms with E-state index in [0.29, 0.717) is 5.01 Å². The van der Waals surface area contributed by atoms with Gasteiger partial charge in [0.1, 0.15) is 0 Å². The monoisotopic (exact) mass is 252 g/mol. The third-order valence-electron chi connectivity index (χ3n) is 2.27. The van der Waals surface area contributed by atoms with Gasteiger partial charge in [0.25, 0.3) is 0 Å². The first-order chi connectivity index (χ1) is 6.96. The minimum atomic E-state index is -4.49. The predicted octanol–water partition coefficient (Wildman–Crippen LogP) is 3.18. The van der Waals surface area contributed by atoms with Crippen LogP contribution in [0.25, 0.3) is 0 Å². The summed E-state index contributed by atoms with van der Waals surface area (Å²) in [5, 5.41) is 2.04. The van der Waals surface area contributed by atoms with Gasteiger partial charge in [-0.25, -0.2) is 4.98 Å². The van der Waals surface area contributed by atoms with Gasteiger partial charge in [0.2, 0.25) is 0 Å². The molecule has 0 saturated carbocycles. The molecule has 1 aromatic rings. The summed E-state index contributed by atoms with van der Waals surface area (Å²) in [5.41, 5.74) is 2.53. The standard InChI is InChI=1S/C10H15F3N2S/c1-8(2,3)7-15-6(5-16-7)9(4,14)10(11,12)13/h5H,14H2,1-4H3. The van der Waals surface area contributed by atoms with E-state index in [1.165, 1.54) is 16.7 Å². The maximum absolute atomic E-state index is 12.7. The van der Waals surface area contributed by atoms with Crippen LogP contribution in [0.15, 0.2) is 5.38 Å². The van der Waals surface area contributed by atoms with Crippen molar-refractivity contribution in [3.05, 3.63) is 16.1 Å². The summed E-state index contributed by atoms with van der Waals surface area (Å²) in [4.78, 5) is 3.99. The molecular weight excluding hydrogens is 237 g/mol. The average Bonchev–Trinajstić information content (AvgIpc) is 2.47. The third kappa shape index (κ3) is 2.38. The lowest BCUT2D eigenvalue weighted by Crippen LogP contribution is -2.48. The van der Waals surface area contributed by atoms with Crippen molar-refractivity contribution >= 4 is 11.3 Å². The Morgan fingerprint density at radius 3 is 2.00 bits per heavy atom. The van der Waals surface area contributed by atoms with E-state index in [0.717, 1.165) is 6.92 Å². The summed E-state index contributed by atoms with van der Waals surface area (Å²) in [6, 6.07) is 0. The average molecular weight is 252 g/mol. The first kappa shape index (κ1) is 13.4. The van der Waals surface area contributed by atoms with Gasteiger partial charge < -0.3 is 5.73 Å². The number of alkyl halides is 3. The number of aromatic nitrogens is 1. The van der Waals surface area contributed by atoms with Gasteiger partial charge in [0.05, 0.1) is 10.7 Å². The molecule has 0 aliphatic carbocycles. The molecule has 92 valence electrons. The zero-order valence-corrected chi connectivity index (χ0v) is 10.5. The smallest absolute Gasteiger partial charge is 0.313 e. The van der Waals surface area contributed by atoms with Gasteiger partial charge in [-0.2, -0.15) is 13.2 Å². The van der Waals surface area contributed by atoms with Crippen molar-refractivity contribution in [2.75, 3.05) is 0 Å². The number of thiazole rings is 1. The Morgan fingerprint density at radius 2 is 1.69 bits per heavy atom. The van der Waals surface area contributed by atoms with Crippen LogP contribution in [0, 0.1) is 0 Å². The highest BCUT2D eigenvalue weighted by Crippen LogP contribution is 2.38. The van der Waals surface area contributed by atoms with E-state index in [9.17, 15) is 13.2 Å². The van der Waals surface area contributed by atoms with Crippen LogP contribution in [-0.4, -0.2) is 11.2 Å². The Kier molecular flexibility index (Phi) is 3.11. The number of halogens is 3. The molecule has 1 unspecified atom stereocenters. The second-order valence-corrected chi connectivity index (χ2v) is 5.85. The van der Waals surface area contributed by atoms with Crippen LogP contribution in [-0.2, 0) is 11.0 Å². The third-order valence-corrected chi connectivity index (χ3v) is 3.53. The molecule has 1 atom stereocenters. The van der Waals surface area contributed by atoms with Gasteiger partial charge >= 0.3 is 6.18 Å². The molecule has 0 radical (unpaired) electrons. The maximum atomic E-state index is 12.7. The van der Waals surface area contributed by atoms with Crippen LogP contribution >= 0.6 is 11.3 Å². The van der Waals surface area contributed by atoms with Crippen LogP contribution in [0.4, 0.5) is 13.2 Å². The van der Waals surface area contributed by atoms with Crippen molar-refractivity contribution in [1.82, 2.24) is 4.98 Å². The zero-order chi connectivity index (χ0) is 12.8. The second-order valence-electron chi connectivity index (χ2n) is 4.99. The number of nitrogens with two attached hydrogens (primary N) is 1. The Bertz CT molecular complexity index is 374. The molecule has 0 bridgehead atoms. The lowest BCUT2D eigenvalue weighted by molar-refractivity contribution is -0.185. The summed E-state index contributed by atoms with van der Waals surface area (Å²) in [6.45, 7) is 6.64. The van der Waals surface area contributed by atoms with Gasteiger partial charge in [0.15, 0.2) is 5.54 Å². The largest absolute Gasteiger partial charge is 0.411 e. The molecule has 0 amide bonds. The van der Waals surface area contributed by atoms with Crippen LogP contribution < -0.4 is 5.73 Å². The molecule has 1 heterocycles. The summed E-state index contributed by atoms with van der Waals surface area (Å²) in [5.74, 6) is 0. The van der Waals surface area contributed by atoms with Gasteiger partial charge in [-0.3, -0.25) is 0 Å². The maximum Gasteiger partial charge on any atom is 0.411 e.